The molecule has 2 saturated carbocycles. The van der Waals surface area contributed by atoms with E-state index in [1.165, 1.54) is 12.1 Å². The Morgan fingerprint density at radius 2 is 1.76 bits per heavy atom. The Labute approximate surface area is 168 Å². The highest BCUT2D eigenvalue weighted by molar-refractivity contribution is 5.81. The van der Waals surface area contributed by atoms with E-state index in [9.17, 15) is 23.1 Å². The van der Waals surface area contributed by atoms with Gasteiger partial charge in [-0.15, -0.1) is 0 Å². The van der Waals surface area contributed by atoms with Crippen molar-refractivity contribution in [1.29, 1.82) is 0 Å². The Kier molecular flexibility index (Phi) is 4.31. The number of aliphatic hydroxyl groups excluding tert-OH is 1. The van der Waals surface area contributed by atoms with Crippen molar-refractivity contribution in [1.82, 2.24) is 10.2 Å². The summed E-state index contributed by atoms with van der Waals surface area (Å²) in [6.45, 7) is 1.56. The van der Waals surface area contributed by atoms with E-state index >= 15 is 0 Å². The van der Waals surface area contributed by atoms with Gasteiger partial charge >= 0.3 is 6.18 Å². The number of nitrogens with one attached hydrogen (secondary N) is 1. The molecule has 2 saturated heterocycles. The zero-order valence-corrected chi connectivity index (χ0v) is 16.3. The average molecular weight is 408 g/mol. The normalized spacial score (nSPS) is 35.7. The molecule has 4 nitrogen and oxygen atoms in total. The summed E-state index contributed by atoms with van der Waals surface area (Å²) in [5.41, 5.74) is 0.499. The van der Waals surface area contributed by atoms with Crippen LogP contribution in [0.3, 0.4) is 0 Å². The molecule has 5 rings (SSSR count). The second kappa shape index (κ2) is 6.45. The van der Waals surface area contributed by atoms with E-state index in [-0.39, 0.29) is 28.7 Å². The highest BCUT2D eigenvalue weighted by Crippen LogP contribution is 2.53. The number of hydrogen-bond acceptors (Lipinski definition) is 3. The number of nitrogens with zero attached hydrogens (tertiary/aromatic N) is 1. The van der Waals surface area contributed by atoms with Crippen molar-refractivity contribution in [2.24, 2.45) is 11.3 Å². The molecule has 4 fully saturated rings. The van der Waals surface area contributed by atoms with Crippen LogP contribution in [0.15, 0.2) is 24.3 Å². The summed E-state index contributed by atoms with van der Waals surface area (Å²) in [6.07, 6.45) is 1.57. The first-order chi connectivity index (χ1) is 13.7. The molecule has 0 radical (unpaired) electrons. The fourth-order valence-electron chi connectivity index (χ4n) is 6.19. The third-order valence-corrected chi connectivity index (χ3v) is 7.77. The lowest BCUT2D eigenvalue weighted by atomic mass is 9.66. The van der Waals surface area contributed by atoms with Crippen LogP contribution in [-0.4, -0.2) is 40.8 Å². The Morgan fingerprint density at radius 3 is 2.34 bits per heavy atom. The molecule has 0 aromatic heterocycles. The van der Waals surface area contributed by atoms with Crippen molar-refractivity contribution >= 4 is 5.91 Å². The molecule has 4 aliphatic rings. The Hall–Kier alpha value is -1.60. The summed E-state index contributed by atoms with van der Waals surface area (Å²) in [5, 5.41) is 12.9. The van der Waals surface area contributed by atoms with Gasteiger partial charge in [0, 0.05) is 30.0 Å². The van der Waals surface area contributed by atoms with Gasteiger partial charge in [-0.05, 0) is 68.6 Å². The number of carbonyl (C=O) groups excluding carboxylic acids is 1. The van der Waals surface area contributed by atoms with Gasteiger partial charge in [-0.2, -0.15) is 13.2 Å². The van der Waals surface area contributed by atoms with E-state index in [1.54, 1.807) is 12.1 Å². The summed E-state index contributed by atoms with van der Waals surface area (Å²) in [7, 11) is 0. The van der Waals surface area contributed by atoms with Crippen LogP contribution >= 0.6 is 0 Å². The SMILES string of the molecule is O=C([C@H]1C[C@]2(CCC(O)N2)C1)N1CC2(CC[C@H](c3ccc(C(F)(F)F)cc3)C2)C1. The standard InChI is InChI=1S/C22H27F3N2O2/c23-22(24,25)17-3-1-14(2-4-17)15-5-7-20(9-15)12-27(13-20)19(29)16-10-21(11-16)8-6-18(28)26-21/h1-4,15-16,18,26,28H,5-13H2/t15-,16-,18?,21+/m0/s1. The number of halogens is 3. The zero-order valence-electron chi connectivity index (χ0n) is 16.3. The van der Waals surface area contributed by atoms with Crippen LogP contribution in [0.2, 0.25) is 0 Å². The lowest BCUT2D eigenvalue weighted by molar-refractivity contribution is -0.153. The minimum atomic E-state index is -4.30. The molecule has 1 aromatic carbocycles. The first kappa shape index (κ1) is 19.4. The second-order valence-corrected chi connectivity index (χ2v) is 9.84. The van der Waals surface area contributed by atoms with Crippen molar-refractivity contribution < 1.29 is 23.1 Å². The van der Waals surface area contributed by atoms with Gasteiger partial charge < -0.3 is 10.0 Å². The lowest BCUT2D eigenvalue weighted by Gasteiger charge is -2.53. The number of rotatable bonds is 2. The fraction of sp³-hybridized carbons (Fsp3) is 0.682. The van der Waals surface area contributed by atoms with Gasteiger partial charge in [0.2, 0.25) is 5.91 Å². The molecule has 2 atom stereocenters. The van der Waals surface area contributed by atoms with E-state index in [4.69, 9.17) is 0 Å². The van der Waals surface area contributed by atoms with Gasteiger partial charge in [-0.25, -0.2) is 0 Å². The van der Waals surface area contributed by atoms with E-state index in [0.717, 1.165) is 63.6 Å². The van der Waals surface area contributed by atoms with E-state index in [0.29, 0.717) is 0 Å². The van der Waals surface area contributed by atoms with Crippen LogP contribution in [-0.2, 0) is 11.0 Å². The predicted molar refractivity (Wildman–Crippen MR) is 101 cm³/mol. The van der Waals surface area contributed by atoms with E-state index < -0.39 is 18.0 Å². The molecule has 2 spiro atoms. The third-order valence-electron chi connectivity index (χ3n) is 7.77. The molecule has 1 aromatic rings. The van der Waals surface area contributed by atoms with Crippen LogP contribution in [0.1, 0.15) is 62.0 Å². The van der Waals surface area contributed by atoms with Gasteiger partial charge in [-0.3, -0.25) is 10.1 Å². The minimum absolute atomic E-state index is 0.0245. The molecule has 2 heterocycles. The maximum Gasteiger partial charge on any atom is 0.416 e. The molecule has 7 heteroatoms. The minimum Gasteiger partial charge on any atom is -0.379 e. The summed E-state index contributed by atoms with van der Waals surface area (Å²) < 4.78 is 38.3. The number of aliphatic hydroxyl groups is 1. The van der Waals surface area contributed by atoms with Crippen molar-refractivity contribution in [3.8, 4) is 0 Å². The highest BCUT2D eigenvalue weighted by atomic mass is 19.4. The van der Waals surface area contributed by atoms with Gasteiger partial charge in [0.15, 0.2) is 0 Å². The lowest BCUT2D eigenvalue weighted by Crippen LogP contribution is -2.63. The second-order valence-electron chi connectivity index (χ2n) is 9.84. The topological polar surface area (TPSA) is 52.6 Å². The Balaban J connectivity index is 1.14. The van der Waals surface area contributed by atoms with E-state index in [2.05, 4.69) is 5.32 Å². The quantitative estimate of drug-likeness (QED) is 0.786. The van der Waals surface area contributed by atoms with Gasteiger partial charge in [-0.1, -0.05) is 12.1 Å². The molecular weight excluding hydrogens is 381 g/mol. The summed E-state index contributed by atoms with van der Waals surface area (Å²) in [4.78, 5) is 14.8. The molecule has 158 valence electrons. The number of hydrogen-bond donors (Lipinski definition) is 2. The molecule has 0 bridgehead atoms. The van der Waals surface area contributed by atoms with Crippen molar-refractivity contribution in [3.63, 3.8) is 0 Å². The van der Waals surface area contributed by atoms with Crippen molar-refractivity contribution in [2.45, 2.75) is 68.8 Å². The maximum absolute atomic E-state index is 12.8. The first-order valence-corrected chi connectivity index (χ1v) is 10.6. The molecule has 2 aliphatic carbocycles. The first-order valence-electron chi connectivity index (χ1n) is 10.6. The van der Waals surface area contributed by atoms with Gasteiger partial charge in [0.1, 0.15) is 6.23 Å². The molecule has 2 N–H and O–H groups in total. The van der Waals surface area contributed by atoms with Crippen molar-refractivity contribution in [2.75, 3.05) is 13.1 Å². The summed E-state index contributed by atoms with van der Waals surface area (Å²) in [6, 6.07) is 5.59. The largest absolute Gasteiger partial charge is 0.416 e. The summed E-state index contributed by atoms with van der Waals surface area (Å²) in [5.74, 6) is 0.588. The summed E-state index contributed by atoms with van der Waals surface area (Å²) >= 11 is 0. The predicted octanol–water partition coefficient (Wildman–Crippen LogP) is 3.65. The van der Waals surface area contributed by atoms with Gasteiger partial charge in [0.05, 0.1) is 5.56 Å². The average Bonchev–Trinajstić information content (AvgIpc) is 3.22. The number of amides is 1. The smallest absolute Gasteiger partial charge is 0.379 e. The van der Waals surface area contributed by atoms with Gasteiger partial charge in [0.25, 0.3) is 0 Å². The Bertz CT molecular complexity index is 795. The maximum atomic E-state index is 12.8. The number of alkyl halides is 3. The van der Waals surface area contributed by atoms with Crippen molar-refractivity contribution in [3.05, 3.63) is 35.4 Å². The van der Waals surface area contributed by atoms with Crippen LogP contribution in [0.5, 0.6) is 0 Å². The molecular formula is C22H27F3N2O2. The molecule has 2 aliphatic heterocycles. The zero-order chi connectivity index (χ0) is 20.4. The number of benzene rings is 1. The van der Waals surface area contributed by atoms with E-state index in [1.807, 2.05) is 4.90 Å². The fourth-order valence-corrected chi connectivity index (χ4v) is 6.19. The monoisotopic (exact) mass is 408 g/mol. The Morgan fingerprint density at radius 1 is 1.07 bits per heavy atom. The number of carbonyl (C=O) groups is 1. The molecule has 29 heavy (non-hydrogen) atoms. The third kappa shape index (κ3) is 3.36. The highest BCUT2D eigenvalue weighted by Gasteiger charge is 2.55. The van der Waals surface area contributed by atoms with Crippen LogP contribution in [0.25, 0.3) is 0 Å². The van der Waals surface area contributed by atoms with Crippen LogP contribution < -0.4 is 5.32 Å². The number of likely N-dealkylation sites (tertiary alicyclic amines) is 1. The molecule has 1 unspecified atom stereocenters. The van der Waals surface area contributed by atoms with Crippen LogP contribution in [0.4, 0.5) is 13.2 Å². The van der Waals surface area contributed by atoms with Crippen LogP contribution in [0, 0.1) is 11.3 Å². The molecule has 1 amide bonds.